The van der Waals surface area contributed by atoms with Crippen LogP contribution in [0.2, 0.25) is 0 Å². The summed E-state index contributed by atoms with van der Waals surface area (Å²) in [6.45, 7) is 0. The number of amides is 1. The Hall–Kier alpha value is -3.55. The summed E-state index contributed by atoms with van der Waals surface area (Å²) in [6.07, 6.45) is 0. The van der Waals surface area contributed by atoms with E-state index in [2.05, 4.69) is 5.32 Å². The van der Waals surface area contributed by atoms with Gasteiger partial charge in [0.05, 0.1) is 4.92 Å². The van der Waals surface area contributed by atoms with Crippen molar-refractivity contribution in [1.29, 1.82) is 0 Å². The van der Waals surface area contributed by atoms with Crippen molar-refractivity contribution in [2.75, 3.05) is 5.32 Å². The summed E-state index contributed by atoms with van der Waals surface area (Å²) in [5, 5.41) is 13.4. The van der Waals surface area contributed by atoms with Crippen molar-refractivity contribution < 1.29 is 18.5 Å². The van der Waals surface area contributed by atoms with Gasteiger partial charge in [-0.2, -0.15) is 0 Å². The minimum atomic E-state index is -0.799. The van der Waals surface area contributed by atoms with Gasteiger partial charge in [0, 0.05) is 23.1 Å². The number of nitrogens with one attached hydrogen (secondary N) is 1. The Morgan fingerprint density at radius 2 is 1.83 bits per heavy atom. The summed E-state index contributed by atoms with van der Waals surface area (Å²) in [7, 11) is 0. The van der Waals surface area contributed by atoms with Crippen LogP contribution < -0.4 is 10.9 Å². The number of anilines is 1. The maximum absolute atomic E-state index is 12.9. The molecule has 0 aliphatic rings. The summed E-state index contributed by atoms with van der Waals surface area (Å²) in [5.41, 5.74) is -0.836. The first kappa shape index (κ1) is 15.3. The molecule has 0 spiro atoms. The van der Waals surface area contributed by atoms with Crippen LogP contribution in [0.25, 0.3) is 11.0 Å². The second-order valence-corrected chi connectivity index (χ2v) is 4.89. The van der Waals surface area contributed by atoms with Crippen LogP contribution in [0, 0.1) is 15.9 Å². The molecule has 0 saturated carbocycles. The molecule has 7 nitrogen and oxygen atoms in total. The van der Waals surface area contributed by atoms with Gasteiger partial charge >= 0.3 is 5.63 Å². The molecule has 1 amide bonds. The average Bonchev–Trinajstić information content (AvgIpc) is 2.55. The number of carbonyl (C=O) groups is 1. The predicted octanol–water partition coefficient (Wildman–Crippen LogP) is 3.09. The van der Waals surface area contributed by atoms with Gasteiger partial charge in [-0.3, -0.25) is 14.9 Å². The third-order valence-corrected chi connectivity index (χ3v) is 3.28. The highest BCUT2D eigenvalue weighted by Crippen LogP contribution is 2.22. The van der Waals surface area contributed by atoms with Gasteiger partial charge < -0.3 is 9.73 Å². The van der Waals surface area contributed by atoms with Crippen LogP contribution in [-0.4, -0.2) is 10.8 Å². The number of hydrogen-bond donors (Lipinski definition) is 1. The summed E-state index contributed by atoms with van der Waals surface area (Å²) in [5.74, 6) is -1.13. The number of fused-ring (bicyclic) bond motifs is 1. The number of non-ortho nitro benzene ring substituents is 1. The van der Waals surface area contributed by atoms with E-state index in [4.69, 9.17) is 4.42 Å². The molecular weight excluding hydrogens is 319 g/mol. The summed E-state index contributed by atoms with van der Waals surface area (Å²) in [4.78, 5) is 34.2. The highest BCUT2D eigenvalue weighted by atomic mass is 19.1. The van der Waals surface area contributed by atoms with Crippen molar-refractivity contribution in [2.45, 2.75) is 0 Å². The van der Waals surface area contributed by atoms with E-state index in [0.717, 1.165) is 12.1 Å². The lowest BCUT2D eigenvalue weighted by atomic mass is 10.2. The highest BCUT2D eigenvalue weighted by Gasteiger charge is 2.13. The monoisotopic (exact) mass is 328 g/mol. The molecule has 0 saturated heterocycles. The minimum Gasteiger partial charge on any atom is -0.421 e. The number of nitro benzene ring substituents is 1. The van der Waals surface area contributed by atoms with E-state index < -0.39 is 22.3 Å². The molecular formula is C16H9FN2O5. The largest absolute Gasteiger partial charge is 0.421 e. The van der Waals surface area contributed by atoms with Crippen LogP contribution in [-0.2, 0) is 0 Å². The van der Waals surface area contributed by atoms with E-state index in [1.165, 1.54) is 36.4 Å². The Kier molecular flexibility index (Phi) is 3.78. The first-order valence-corrected chi connectivity index (χ1v) is 6.73. The Morgan fingerprint density at radius 3 is 2.50 bits per heavy atom. The van der Waals surface area contributed by atoms with Gasteiger partial charge in [0.15, 0.2) is 0 Å². The number of nitro groups is 1. The minimum absolute atomic E-state index is 0.148. The molecule has 0 fully saturated rings. The molecule has 0 aliphatic heterocycles. The van der Waals surface area contributed by atoms with Gasteiger partial charge in [-0.25, -0.2) is 9.18 Å². The third-order valence-electron chi connectivity index (χ3n) is 3.28. The molecule has 1 heterocycles. The maximum atomic E-state index is 12.9. The number of halogens is 1. The number of carbonyl (C=O) groups excluding carboxylic acids is 1. The fourth-order valence-electron chi connectivity index (χ4n) is 2.11. The normalized spacial score (nSPS) is 10.5. The zero-order chi connectivity index (χ0) is 17.3. The van der Waals surface area contributed by atoms with Crippen molar-refractivity contribution in [2.24, 2.45) is 0 Å². The Morgan fingerprint density at radius 1 is 1.12 bits per heavy atom. The average molecular weight is 328 g/mol. The van der Waals surface area contributed by atoms with Gasteiger partial charge in [0.1, 0.15) is 17.1 Å². The van der Waals surface area contributed by atoms with Crippen LogP contribution in [0.15, 0.2) is 57.7 Å². The molecule has 0 radical (unpaired) electrons. The van der Waals surface area contributed by atoms with Crippen LogP contribution in [0.5, 0.6) is 0 Å². The first-order valence-electron chi connectivity index (χ1n) is 6.73. The molecule has 24 heavy (non-hydrogen) atoms. The number of nitrogens with zero attached hydrogens (tertiary/aromatic N) is 1. The molecule has 0 atom stereocenters. The van der Waals surface area contributed by atoms with E-state index in [-0.39, 0.29) is 22.5 Å². The van der Waals surface area contributed by atoms with Crippen LogP contribution in [0.4, 0.5) is 15.8 Å². The van der Waals surface area contributed by atoms with Crippen LogP contribution >= 0.6 is 0 Å². The summed E-state index contributed by atoms with van der Waals surface area (Å²) < 4.78 is 17.9. The second kappa shape index (κ2) is 5.92. The second-order valence-electron chi connectivity index (χ2n) is 4.89. The van der Waals surface area contributed by atoms with E-state index in [0.29, 0.717) is 5.39 Å². The topological polar surface area (TPSA) is 102 Å². The zero-order valence-electron chi connectivity index (χ0n) is 12.0. The van der Waals surface area contributed by atoms with Gasteiger partial charge in [-0.05, 0) is 36.4 Å². The van der Waals surface area contributed by atoms with E-state index in [1.807, 2.05) is 0 Å². The lowest BCUT2D eigenvalue weighted by Gasteiger charge is -2.05. The number of hydrogen-bond acceptors (Lipinski definition) is 5. The molecule has 1 aromatic heterocycles. The molecule has 120 valence electrons. The molecule has 8 heteroatoms. The number of rotatable bonds is 3. The lowest BCUT2D eigenvalue weighted by molar-refractivity contribution is -0.384. The fraction of sp³-hybridized carbons (Fsp3) is 0. The third kappa shape index (κ3) is 2.98. The number of benzene rings is 2. The summed E-state index contributed by atoms with van der Waals surface area (Å²) in [6, 6.07) is 9.78. The SMILES string of the molecule is O=C(Nc1cc2cc([N+](=O)[O-])ccc2oc1=O)c1ccc(F)cc1. The van der Waals surface area contributed by atoms with Gasteiger partial charge in [-0.15, -0.1) is 0 Å². The molecule has 2 aromatic carbocycles. The van der Waals surface area contributed by atoms with Crippen molar-refractivity contribution >= 4 is 28.3 Å². The Balaban J connectivity index is 1.97. The first-order chi connectivity index (χ1) is 11.4. The van der Waals surface area contributed by atoms with E-state index >= 15 is 0 Å². The van der Waals surface area contributed by atoms with Crippen LogP contribution in [0.3, 0.4) is 0 Å². The molecule has 3 rings (SSSR count). The molecule has 0 bridgehead atoms. The predicted molar refractivity (Wildman–Crippen MR) is 83.5 cm³/mol. The maximum Gasteiger partial charge on any atom is 0.360 e. The van der Waals surface area contributed by atoms with Gasteiger partial charge in [-0.1, -0.05) is 0 Å². The molecule has 0 aliphatic carbocycles. The highest BCUT2D eigenvalue weighted by molar-refractivity contribution is 6.04. The van der Waals surface area contributed by atoms with E-state index in [1.54, 1.807) is 0 Å². The summed E-state index contributed by atoms with van der Waals surface area (Å²) >= 11 is 0. The fourth-order valence-corrected chi connectivity index (χ4v) is 2.11. The Labute approximate surface area is 133 Å². The van der Waals surface area contributed by atoms with Gasteiger partial charge in [0.2, 0.25) is 0 Å². The quantitative estimate of drug-likeness (QED) is 0.452. The smallest absolute Gasteiger partial charge is 0.360 e. The molecule has 1 N–H and O–H groups in total. The van der Waals surface area contributed by atoms with Crippen molar-refractivity contribution in [1.82, 2.24) is 0 Å². The van der Waals surface area contributed by atoms with Crippen molar-refractivity contribution in [3.8, 4) is 0 Å². The van der Waals surface area contributed by atoms with Crippen molar-refractivity contribution in [3.63, 3.8) is 0 Å². The van der Waals surface area contributed by atoms with Gasteiger partial charge in [0.25, 0.3) is 11.6 Å². The van der Waals surface area contributed by atoms with E-state index in [9.17, 15) is 24.1 Å². The zero-order valence-corrected chi connectivity index (χ0v) is 12.0. The van der Waals surface area contributed by atoms with Crippen LogP contribution in [0.1, 0.15) is 10.4 Å². The molecule has 3 aromatic rings. The standard InChI is InChI=1S/C16H9FN2O5/c17-11-3-1-9(2-4-11)15(20)18-13-8-10-7-12(19(22)23)5-6-14(10)24-16(13)21/h1-8H,(H,18,20). The molecule has 0 unspecified atom stereocenters. The lowest BCUT2D eigenvalue weighted by Crippen LogP contribution is -2.17. The van der Waals surface area contributed by atoms with Crippen molar-refractivity contribution in [3.05, 3.63) is 80.4 Å². The Bertz CT molecular complexity index is 1010.